The van der Waals surface area contributed by atoms with Gasteiger partial charge in [0, 0.05) is 23.2 Å². The molecule has 7 heteroatoms. The Hall–Kier alpha value is -2.18. The van der Waals surface area contributed by atoms with E-state index in [4.69, 9.17) is 11.6 Å². The number of halogens is 1. The van der Waals surface area contributed by atoms with Gasteiger partial charge < -0.3 is 0 Å². The lowest BCUT2D eigenvalue weighted by molar-refractivity contribution is 0.102. The molecule has 0 aliphatic heterocycles. The number of carbonyl (C=O) groups excluding carboxylic acids is 1. The van der Waals surface area contributed by atoms with Gasteiger partial charge in [-0.25, -0.2) is 4.98 Å². The Morgan fingerprint density at radius 2 is 2.04 bits per heavy atom. The molecule has 2 aromatic heterocycles. The van der Waals surface area contributed by atoms with Crippen LogP contribution in [0.4, 0.5) is 5.13 Å². The standard InChI is InChI=1S/C18H19ClN4OS/c1-5-23-9-14(19)16(22-23)17(24)21-18-20-15(12(4)25-18)13-7-6-10(2)11(3)8-13/h6-9H,5H2,1-4H3,(H,20,21,24). The minimum absolute atomic E-state index is 0.212. The van der Waals surface area contributed by atoms with Gasteiger partial charge in [-0.05, 0) is 44.9 Å². The number of carbonyl (C=O) groups is 1. The van der Waals surface area contributed by atoms with E-state index in [1.165, 1.54) is 22.5 Å². The minimum atomic E-state index is -0.349. The number of rotatable bonds is 4. The van der Waals surface area contributed by atoms with Gasteiger partial charge in [-0.15, -0.1) is 11.3 Å². The van der Waals surface area contributed by atoms with Crippen LogP contribution in [0.25, 0.3) is 11.3 Å². The summed E-state index contributed by atoms with van der Waals surface area (Å²) in [5.41, 5.74) is 4.60. The predicted molar refractivity (Wildman–Crippen MR) is 103 cm³/mol. The van der Waals surface area contributed by atoms with Gasteiger partial charge in [0.1, 0.15) is 0 Å². The fourth-order valence-electron chi connectivity index (χ4n) is 2.48. The Morgan fingerprint density at radius 3 is 2.68 bits per heavy atom. The Morgan fingerprint density at radius 1 is 1.28 bits per heavy atom. The van der Waals surface area contributed by atoms with Crippen molar-refractivity contribution >= 4 is 34.0 Å². The maximum atomic E-state index is 12.4. The molecule has 3 rings (SSSR count). The van der Waals surface area contributed by atoms with E-state index in [0.717, 1.165) is 16.1 Å². The average Bonchev–Trinajstić information content (AvgIpc) is 3.12. The molecule has 0 spiro atoms. The average molecular weight is 375 g/mol. The van der Waals surface area contributed by atoms with E-state index in [0.29, 0.717) is 16.7 Å². The normalized spacial score (nSPS) is 10.9. The summed E-state index contributed by atoms with van der Waals surface area (Å²) in [4.78, 5) is 18.0. The van der Waals surface area contributed by atoms with E-state index in [1.54, 1.807) is 10.9 Å². The lowest BCUT2D eigenvalue weighted by Gasteiger charge is -2.03. The Balaban J connectivity index is 1.85. The summed E-state index contributed by atoms with van der Waals surface area (Å²) in [6.45, 7) is 8.75. The molecule has 1 N–H and O–H groups in total. The lowest BCUT2D eigenvalue weighted by atomic mass is 10.0. The van der Waals surface area contributed by atoms with Gasteiger partial charge >= 0.3 is 0 Å². The first kappa shape index (κ1) is 17.6. The molecule has 2 heterocycles. The quantitative estimate of drug-likeness (QED) is 0.709. The van der Waals surface area contributed by atoms with Crippen molar-refractivity contribution in [3.63, 3.8) is 0 Å². The van der Waals surface area contributed by atoms with Crippen LogP contribution in [0.15, 0.2) is 24.4 Å². The molecule has 0 fully saturated rings. The van der Waals surface area contributed by atoms with Gasteiger partial charge in [-0.1, -0.05) is 23.7 Å². The third-order valence-corrected chi connectivity index (χ3v) is 5.22. The minimum Gasteiger partial charge on any atom is -0.296 e. The first-order chi connectivity index (χ1) is 11.9. The van der Waals surface area contributed by atoms with Crippen LogP contribution >= 0.6 is 22.9 Å². The highest BCUT2D eigenvalue weighted by atomic mass is 35.5. The van der Waals surface area contributed by atoms with Crippen molar-refractivity contribution in [3.05, 3.63) is 51.1 Å². The summed E-state index contributed by atoms with van der Waals surface area (Å²) in [5.74, 6) is -0.349. The summed E-state index contributed by atoms with van der Waals surface area (Å²) >= 11 is 7.53. The number of hydrogen-bond donors (Lipinski definition) is 1. The molecule has 0 bridgehead atoms. The number of benzene rings is 1. The molecular formula is C18H19ClN4OS. The Kier molecular flexibility index (Phi) is 4.92. The SMILES string of the molecule is CCn1cc(Cl)c(C(=O)Nc2nc(-c3ccc(C)c(C)c3)c(C)s2)n1. The van der Waals surface area contributed by atoms with Crippen LogP contribution < -0.4 is 5.32 Å². The van der Waals surface area contributed by atoms with Gasteiger partial charge in [0.2, 0.25) is 0 Å². The largest absolute Gasteiger partial charge is 0.296 e. The number of aryl methyl sites for hydroxylation is 4. The number of nitrogens with one attached hydrogen (secondary N) is 1. The second-order valence-corrected chi connectivity index (χ2v) is 7.47. The molecule has 0 radical (unpaired) electrons. The third kappa shape index (κ3) is 3.60. The van der Waals surface area contributed by atoms with E-state index >= 15 is 0 Å². The molecule has 0 unspecified atom stereocenters. The zero-order valence-corrected chi connectivity index (χ0v) is 16.1. The number of nitrogens with zero attached hydrogens (tertiary/aromatic N) is 3. The van der Waals surface area contributed by atoms with Crippen molar-refractivity contribution < 1.29 is 4.79 Å². The van der Waals surface area contributed by atoms with E-state index < -0.39 is 0 Å². The number of aromatic nitrogens is 3. The molecule has 1 aromatic carbocycles. The summed E-state index contributed by atoms with van der Waals surface area (Å²) in [5, 5.41) is 7.86. The van der Waals surface area contributed by atoms with Gasteiger partial charge in [0.25, 0.3) is 5.91 Å². The van der Waals surface area contributed by atoms with Crippen molar-refractivity contribution in [2.75, 3.05) is 5.32 Å². The molecule has 5 nitrogen and oxygen atoms in total. The van der Waals surface area contributed by atoms with Gasteiger partial charge in [-0.2, -0.15) is 5.10 Å². The molecule has 0 saturated carbocycles. The monoisotopic (exact) mass is 374 g/mol. The molecule has 25 heavy (non-hydrogen) atoms. The van der Waals surface area contributed by atoms with Crippen LogP contribution in [0, 0.1) is 20.8 Å². The molecule has 130 valence electrons. The van der Waals surface area contributed by atoms with Crippen LogP contribution in [0.3, 0.4) is 0 Å². The summed E-state index contributed by atoms with van der Waals surface area (Å²) in [6.07, 6.45) is 1.64. The zero-order chi connectivity index (χ0) is 18.1. The molecule has 0 aliphatic rings. The van der Waals surface area contributed by atoms with Gasteiger partial charge in [0.15, 0.2) is 10.8 Å². The summed E-state index contributed by atoms with van der Waals surface area (Å²) in [6, 6.07) is 6.25. The first-order valence-electron chi connectivity index (χ1n) is 7.98. The molecule has 0 saturated heterocycles. The van der Waals surface area contributed by atoms with Crippen molar-refractivity contribution in [1.82, 2.24) is 14.8 Å². The van der Waals surface area contributed by atoms with E-state index in [-0.39, 0.29) is 11.6 Å². The maximum Gasteiger partial charge on any atom is 0.279 e. The molecule has 0 atom stereocenters. The highest BCUT2D eigenvalue weighted by Crippen LogP contribution is 2.31. The smallest absolute Gasteiger partial charge is 0.279 e. The number of thiazole rings is 1. The highest BCUT2D eigenvalue weighted by Gasteiger charge is 2.18. The fourth-order valence-corrected chi connectivity index (χ4v) is 3.54. The zero-order valence-electron chi connectivity index (χ0n) is 14.6. The molecule has 0 aliphatic carbocycles. The van der Waals surface area contributed by atoms with Crippen molar-refractivity contribution in [3.8, 4) is 11.3 Å². The van der Waals surface area contributed by atoms with Crippen molar-refractivity contribution in [2.24, 2.45) is 0 Å². The predicted octanol–water partition coefficient (Wildman–Crippen LogP) is 4.86. The molecule has 3 aromatic rings. The Bertz CT molecular complexity index is 945. The van der Waals surface area contributed by atoms with E-state index in [9.17, 15) is 4.79 Å². The lowest BCUT2D eigenvalue weighted by Crippen LogP contribution is -2.13. The van der Waals surface area contributed by atoms with Crippen LogP contribution in [0.5, 0.6) is 0 Å². The van der Waals surface area contributed by atoms with Crippen LogP contribution in [0.1, 0.15) is 33.4 Å². The van der Waals surface area contributed by atoms with Crippen LogP contribution in [0.2, 0.25) is 5.02 Å². The van der Waals surface area contributed by atoms with E-state index in [2.05, 4.69) is 47.4 Å². The summed E-state index contributed by atoms with van der Waals surface area (Å²) < 4.78 is 1.63. The molecular weight excluding hydrogens is 356 g/mol. The number of anilines is 1. The molecule has 1 amide bonds. The van der Waals surface area contributed by atoms with Crippen molar-refractivity contribution in [2.45, 2.75) is 34.2 Å². The third-order valence-electron chi connectivity index (χ3n) is 4.05. The first-order valence-corrected chi connectivity index (χ1v) is 9.17. The Labute approximate surface area is 155 Å². The second-order valence-electron chi connectivity index (χ2n) is 5.86. The topological polar surface area (TPSA) is 59.8 Å². The van der Waals surface area contributed by atoms with Gasteiger partial charge in [-0.3, -0.25) is 14.8 Å². The van der Waals surface area contributed by atoms with Gasteiger partial charge in [0.05, 0.1) is 10.7 Å². The van der Waals surface area contributed by atoms with E-state index in [1.807, 2.05) is 13.8 Å². The number of hydrogen-bond acceptors (Lipinski definition) is 4. The fraction of sp³-hybridized carbons (Fsp3) is 0.278. The highest BCUT2D eigenvalue weighted by molar-refractivity contribution is 7.16. The van der Waals surface area contributed by atoms with Crippen LogP contribution in [-0.2, 0) is 6.54 Å². The second kappa shape index (κ2) is 6.98. The van der Waals surface area contributed by atoms with Crippen molar-refractivity contribution in [1.29, 1.82) is 0 Å². The van der Waals surface area contributed by atoms with Crippen LogP contribution in [-0.4, -0.2) is 20.7 Å². The summed E-state index contributed by atoms with van der Waals surface area (Å²) in [7, 11) is 0. The number of amides is 1. The maximum absolute atomic E-state index is 12.4.